The van der Waals surface area contributed by atoms with E-state index in [1.807, 2.05) is 6.08 Å². The quantitative estimate of drug-likeness (QED) is 0.400. The Kier molecular flexibility index (Phi) is 5.65. The molecule has 160 valence electrons. The average molecular weight is 405 g/mol. The van der Waals surface area contributed by atoms with Crippen LogP contribution in [0.15, 0.2) is 24.3 Å². The fourth-order valence-corrected chi connectivity index (χ4v) is 7.21. The Bertz CT molecular complexity index is 641. The first-order valence-corrected chi connectivity index (χ1v) is 14.4. The molecule has 0 heterocycles. The number of hydrogen-bond donors (Lipinski definition) is 1. The van der Waals surface area contributed by atoms with Gasteiger partial charge in [0.25, 0.3) is 0 Å². The molecule has 0 aromatic carbocycles. The molecule has 0 saturated heterocycles. The van der Waals surface area contributed by atoms with Gasteiger partial charge >= 0.3 is 0 Å². The molecule has 1 N–H and O–H groups in total. The molecule has 3 aliphatic carbocycles. The zero-order valence-electron chi connectivity index (χ0n) is 19.6. The van der Waals surface area contributed by atoms with E-state index >= 15 is 0 Å². The SMILES string of the molecule is C=CCC1CCC=C1[C@@]1(O)[C@H](C)C[C@@H]2[C@H]([C@@H]1CO[Si](C)(C)C(C)(C)C)C2(C)C. The molecule has 3 aliphatic rings. The summed E-state index contributed by atoms with van der Waals surface area (Å²) >= 11 is 0. The largest absolute Gasteiger partial charge is 0.416 e. The van der Waals surface area contributed by atoms with E-state index in [1.54, 1.807) is 0 Å². The van der Waals surface area contributed by atoms with Gasteiger partial charge in [0.2, 0.25) is 0 Å². The molecule has 1 unspecified atom stereocenters. The molecule has 0 spiro atoms. The minimum absolute atomic E-state index is 0.196. The second-order valence-corrected chi connectivity index (χ2v) is 16.9. The molecule has 3 heteroatoms. The summed E-state index contributed by atoms with van der Waals surface area (Å²) in [4.78, 5) is 0. The van der Waals surface area contributed by atoms with Crippen molar-refractivity contribution in [1.82, 2.24) is 0 Å². The fourth-order valence-electron chi connectivity index (χ4n) is 6.18. The Balaban J connectivity index is 1.93. The number of aliphatic hydroxyl groups is 1. The molecule has 0 aromatic heterocycles. The van der Waals surface area contributed by atoms with Gasteiger partial charge in [-0.25, -0.2) is 0 Å². The van der Waals surface area contributed by atoms with Crippen LogP contribution in [-0.2, 0) is 4.43 Å². The van der Waals surface area contributed by atoms with Crippen LogP contribution in [0.4, 0.5) is 0 Å². The smallest absolute Gasteiger partial charge is 0.191 e. The summed E-state index contributed by atoms with van der Waals surface area (Å²) in [5.41, 5.74) is 0.916. The summed E-state index contributed by atoms with van der Waals surface area (Å²) < 4.78 is 6.75. The lowest BCUT2D eigenvalue weighted by Crippen LogP contribution is -2.54. The first-order chi connectivity index (χ1) is 12.8. The number of rotatable bonds is 6. The summed E-state index contributed by atoms with van der Waals surface area (Å²) in [6.07, 6.45) is 8.77. The molecule has 3 rings (SSSR count). The van der Waals surface area contributed by atoms with E-state index in [9.17, 15) is 5.11 Å². The van der Waals surface area contributed by atoms with Gasteiger partial charge in [-0.1, -0.05) is 53.7 Å². The highest BCUT2D eigenvalue weighted by Gasteiger charge is 2.70. The highest BCUT2D eigenvalue weighted by atomic mass is 28.4. The zero-order chi connectivity index (χ0) is 21.1. The molecule has 0 bridgehead atoms. The van der Waals surface area contributed by atoms with E-state index in [1.165, 1.54) is 5.57 Å². The van der Waals surface area contributed by atoms with Crippen molar-refractivity contribution in [3.05, 3.63) is 24.3 Å². The van der Waals surface area contributed by atoms with Gasteiger partial charge in [-0.3, -0.25) is 0 Å². The highest BCUT2D eigenvalue weighted by Crippen LogP contribution is 2.71. The van der Waals surface area contributed by atoms with Crippen LogP contribution in [0, 0.1) is 35.0 Å². The van der Waals surface area contributed by atoms with Crippen LogP contribution in [0.2, 0.25) is 18.1 Å². The second-order valence-electron chi connectivity index (χ2n) is 12.1. The third-order valence-electron chi connectivity index (χ3n) is 9.16. The van der Waals surface area contributed by atoms with Crippen LogP contribution < -0.4 is 0 Å². The number of allylic oxidation sites excluding steroid dienone is 2. The van der Waals surface area contributed by atoms with E-state index in [0.29, 0.717) is 29.8 Å². The van der Waals surface area contributed by atoms with Crippen LogP contribution in [0.5, 0.6) is 0 Å². The van der Waals surface area contributed by atoms with Gasteiger partial charge in [-0.05, 0) is 78.5 Å². The van der Waals surface area contributed by atoms with Crippen molar-refractivity contribution in [3.63, 3.8) is 0 Å². The van der Waals surface area contributed by atoms with E-state index < -0.39 is 13.9 Å². The number of hydrogen-bond acceptors (Lipinski definition) is 2. The predicted molar refractivity (Wildman–Crippen MR) is 122 cm³/mol. The van der Waals surface area contributed by atoms with Crippen molar-refractivity contribution in [3.8, 4) is 0 Å². The van der Waals surface area contributed by atoms with Gasteiger partial charge < -0.3 is 9.53 Å². The van der Waals surface area contributed by atoms with Crippen LogP contribution >= 0.6 is 0 Å². The maximum absolute atomic E-state index is 12.4. The van der Waals surface area contributed by atoms with Gasteiger partial charge in [-0.15, -0.1) is 6.58 Å². The van der Waals surface area contributed by atoms with Crippen molar-refractivity contribution in [2.24, 2.45) is 35.0 Å². The standard InChI is InChI=1S/C25H44O2Si/c1-10-12-18-13-11-14-19(18)25(26)17(2)15-20-22(24(20,6)7)21(25)16-27-28(8,9)23(3,4)5/h10,14,17-18,20-22,26H,1,11-13,15-16H2,2-9H3/t17-,18?,20-,21+,22-,25+/m1/s1. The Morgan fingerprint density at radius 2 is 1.96 bits per heavy atom. The molecule has 2 fully saturated rings. The minimum Gasteiger partial charge on any atom is -0.416 e. The van der Waals surface area contributed by atoms with Crippen molar-refractivity contribution in [1.29, 1.82) is 0 Å². The van der Waals surface area contributed by atoms with E-state index in [4.69, 9.17) is 4.43 Å². The molecule has 0 aliphatic heterocycles. The predicted octanol–water partition coefficient (Wildman–Crippen LogP) is 6.58. The molecule has 6 atom stereocenters. The van der Waals surface area contributed by atoms with Crippen LogP contribution in [0.1, 0.15) is 67.2 Å². The van der Waals surface area contributed by atoms with E-state index in [0.717, 1.165) is 31.6 Å². The van der Waals surface area contributed by atoms with Gasteiger partial charge in [0.05, 0.1) is 5.60 Å². The summed E-state index contributed by atoms with van der Waals surface area (Å²) in [5.74, 6) is 2.26. The summed E-state index contributed by atoms with van der Waals surface area (Å²) in [6, 6.07) is 0. The third-order valence-corrected chi connectivity index (χ3v) is 13.7. The van der Waals surface area contributed by atoms with E-state index in [-0.39, 0.29) is 11.0 Å². The molecule has 0 amide bonds. The summed E-state index contributed by atoms with van der Waals surface area (Å²) in [6.45, 7) is 23.4. The van der Waals surface area contributed by atoms with Crippen molar-refractivity contribution in [2.45, 2.75) is 91.0 Å². The lowest BCUT2D eigenvalue weighted by molar-refractivity contribution is -0.0843. The van der Waals surface area contributed by atoms with Gasteiger partial charge in [-0.2, -0.15) is 0 Å². The lowest BCUT2D eigenvalue weighted by Gasteiger charge is -2.48. The van der Waals surface area contributed by atoms with Gasteiger partial charge in [0.1, 0.15) is 0 Å². The average Bonchev–Trinajstić information content (AvgIpc) is 2.93. The molecule has 2 saturated carbocycles. The maximum atomic E-state index is 12.4. The van der Waals surface area contributed by atoms with Crippen LogP contribution in [0.3, 0.4) is 0 Å². The Hall–Kier alpha value is -0.383. The summed E-state index contributed by atoms with van der Waals surface area (Å²) in [7, 11) is -1.85. The normalized spacial score (nSPS) is 40.0. The first-order valence-electron chi connectivity index (χ1n) is 11.5. The zero-order valence-corrected chi connectivity index (χ0v) is 20.6. The van der Waals surface area contributed by atoms with E-state index in [2.05, 4.69) is 67.3 Å². The van der Waals surface area contributed by atoms with Crippen molar-refractivity contribution >= 4 is 8.32 Å². The fraction of sp³-hybridized carbons (Fsp3) is 0.840. The monoisotopic (exact) mass is 404 g/mol. The first kappa shape index (κ1) is 22.3. The summed E-state index contributed by atoms with van der Waals surface area (Å²) in [5, 5.41) is 12.6. The van der Waals surface area contributed by atoms with Crippen LogP contribution in [-0.4, -0.2) is 25.6 Å². The Labute approximate surface area is 175 Å². The van der Waals surface area contributed by atoms with Gasteiger partial charge in [0.15, 0.2) is 8.32 Å². The van der Waals surface area contributed by atoms with Crippen LogP contribution in [0.25, 0.3) is 0 Å². The second kappa shape index (κ2) is 7.09. The molecular weight excluding hydrogens is 360 g/mol. The topological polar surface area (TPSA) is 29.5 Å². The molecule has 0 aromatic rings. The maximum Gasteiger partial charge on any atom is 0.191 e. The third kappa shape index (κ3) is 3.40. The number of fused-ring (bicyclic) bond motifs is 1. The Morgan fingerprint density at radius 1 is 1.32 bits per heavy atom. The minimum atomic E-state index is -1.85. The molecule has 2 nitrogen and oxygen atoms in total. The van der Waals surface area contributed by atoms with Crippen molar-refractivity contribution in [2.75, 3.05) is 6.61 Å². The van der Waals surface area contributed by atoms with Crippen molar-refractivity contribution < 1.29 is 9.53 Å². The lowest BCUT2D eigenvalue weighted by atomic mass is 9.63. The Morgan fingerprint density at radius 3 is 2.54 bits per heavy atom. The molecular formula is C25H44O2Si. The highest BCUT2D eigenvalue weighted by molar-refractivity contribution is 6.74. The van der Waals surface area contributed by atoms with Gasteiger partial charge in [0, 0.05) is 12.5 Å². The molecule has 28 heavy (non-hydrogen) atoms. The molecule has 0 radical (unpaired) electrons.